The van der Waals surface area contributed by atoms with Crippen molar-refractivity contribution in [2.75, 3.05) is 0 Å². The second kappa shape index (κ2) is 5.92. The zero-order valence-corrected chi connectivity index (χ0v) is 9.84. The van der Waals surface area contributed by atoms with Crippen molar-refractivity contribution in [3.63, 3.8) is 0 Å². The monoisotopic (exact) mass is 245 g/mol. The molecule has 1 heterocycles. The maximum Gasteiger partial charge on any atom is 0.237 e. The fourth-order valence-electron chi connectivity index (χ4n) is 1.58. The molecule has 6 heteroatoms. The van der Waals surface area contributed by atoms with E-state index in [1.165, 1.54) is 6.33 Å². The molecule has 0 fully saturated rings. The number of carbonyl (C=O) groups is 1. The van der Waals surface area contributed by atoms with Crippen molar-refractivity contribution in [2.45, 2.75) is 19.0 Å². The van der Waals surface area contributed by atoms with Gasteiger partial charge in [0.05, 0.1) is 12.6 Å². The third-order valence-corrected chi connectivity index (χ3v) is 2.53. The third-order valence-electron chi connectivity index (χ3n) is 2.53. The number of nitrogens with zero attached hydrogens (tertiary/aromatic N) is 2. The fraction of sp³-hybridized carbons (Fsp3) is 0.250. The second-order valence-corrected chi connectivity index (χ2v) is 3.95. The van der Waals surface area contributed by atoms with Gasteiger partial charge < -0.3 is 11.1 Å². The highest BCUT2D eigenvalue weighted by Gasteiger charge is 2.13. The van der Waals surface area contributed by atoms with Crippen LogP contribution >= 0.6 is 0 Å². The van der Waals surface area contributed by atoms with E-state index in [0.29, 0.717) is 18.8 Å². The van der Waals surface area contributed by atoms with Crippen LogP contribution in [-0.4, -0.2) is 27.1 Å². The Kier molecular flexibility index (Phi) is 4.03. The van der Waals surface area contributed by atoms with Gasteiger partial charge in [0, 0.05) is 0 Å². The Morgan fingerprint density at radius 1 is 1.39 bits per heavy atom. The molecule has 1 amide bonds. The van der Waals surface area contributed by atoms with E-state index in [4.69, 9.17) is 5.73 Å². The normalized spacial score (nSPS) is 12.1. The Labute approximate surface area is 105 Å². The summed E-state index contributed by atoms with van der Waals surface area (Å²) in [6, 6.07) is 9.12. The Morgan fingerprint density at radius 2 is 2.17 bits per heavy atom. The van der Waals surface area contributed by atoms with Gasteiger partial charge in [-0.15, -0.1) is 0 Å². The van der Waals surface area contributed by atoms with Gasteiger partial charge in [-0.2, -0.15) is 5.10 Å². The highest BCUT2D eigenvalue weighted by molar-refractivity contribution is 5.81. The van der Waals surface area contributed by atoms with Crippen LogP contribution in [0.4, 0.5) is 0 Å². The molecule has 1 unspecified atom stereocenters. The van der Waals surface area contributed by atoms with Crippen molar-refractivity contribution in [1.29, 1.82) is 0 Å². The predicted octanol–water partition coefficient (Wildman–Crippen LogP) is -0.00910. The number of H-pyrrole nitrogens is 1. The molecule has 1 aromatic heterocycles. The number of rotatable bonds is 5. The average molecular weight is 245 g/mol. The van der Waals surface area contributed by atoms with Crippen molar-refractivity contribution in [2.24, 2.45) is 5.73 Å². The molecule has 2 aromatic rings. The summed E-state index contributed by atoms with van der Waals surface area (Å²) in [5, 5.41) is 9.07. The van der Waals surface area contributed by atoms with E-state index in [9.17, 15) is 4.79 Å². The standard InChI is InChI=1S/C12H15N5O/c13-10(6-9-4-2-1-3-5-9)12(18)14-7-11-15-8-16-17-11/h1-5,8,10H,6-7,13H2,(H,14,18)(H,15,16,17). The molecule has 6 nitrogen and oxygen atoms in total. The van der Waals surface area contributed by atoms with Crippen LogP contribution in [0.3, 0.4) is 0 Å². The molecular formula is C12H15N5O. The summed E-state index contributed by atoms with van der Waals surface area (Å²) in [6.07, 6.45) is 1.91. The van der Waals surface area contributed by atoms with Crippen LogP contribution in [0.1, 0.15) is 11.4 Å². The van der Waals surface area contributed by atoms with Crippen LogP contribution in [0, 0.1) is 0 Å². The number of hydrogen-bond acceptors (Lipinski definition) is 4. The minimum absolute atomic E-state index is 0.199. The number of hydrogen-bond donors (Lipinski definition) is 3. The summed E-state index contributed by atoms with van der Waals surface area (Å²) >= 11 is 0. The van der Waals surface area contributed by atoms with E-state index in [2.05, 4.69) is 20.5 Å². The summed E-state index contributed by atoms with van der Waals surface area (Å²) in [7, 11) is 0. The van der Waals surface area contributed by atoms with Gasteiger partial charge >= 0.3 is 0 Å². The maximum atomic E-state index is 11.7. The number of amides is 1. The molecule has 0 saturated carbocycles. The largest absolute Gasteiger partial charge is 0.347 e. The van der Waals surface area contributed by atoms with Crippen molar-refractivity contribution in [1.82, 2.24) is 20.5 Å². The fourth-order valence-corrected chi connectivity index (χ4v) is 1.58. The quantitative estimate of drug-likeness (QED) is 0.690. The summed E-state index contributed by atoms with van der Waals surface area (Å²) in [4.78, 5) is 15.7. The van der Waals surface area contributed by atoms with E-state index in [1.54, 1.807) is 0 Å². The minimum atomic E-state index is -0.560. The lowest BCUT2D eigenvalue weighted by molar-refractivity contribution is -0.122. The van der Waals surface area contributed by atoms with Crippen molar-refractivity contribution >= 4 is 5.91 Å². The van der Waals surface area contributed by atoms with Crippen LogP contribution < -0.4 is 11.1 Å². The maximum absolute atomic E-state index is 11.7. The molecular weight excluding hydrogens is 230 g/mol. The van der Waals surface area contributed by atoms with Crippen molar-refractivity contribution < 1.29 is 4.79 Å². The van der Waals surface area contributed by atoms with Crippen molar-refractivity contribution in [3.05, 3.63) is 48.0 Å². The lowest BCUT2D eigenvalue weighted by atomic mass is 10.1. The molecule has 0 bridgehead atoms. The van der Waals surface area contributed by atoms with E-state index < -0.39 is 6.04 Å². The summed E-state index contributed by atoms with van der Waals surface area (Å²) in [6.45, 7) is 0.307. The van der Waals surface area contributed by atoms with Gasteiger partial charge in [-0.3, -0.25) is 9.89 Å². The van der Waals surface area contributed by atoms with Gasteiger partial charge in [0.25, 0.3) is 0 Å². The number of nitrogens with one attached hydrogen (secondary N) is 2. The Morgan fingerprint density at radius 3 is 2.83 bits per heavy atom. The molecule has 18 heavy (non-hydrogen) atoms. The van der Waals surface area contributed by atoms with Gasteiger partial charge in [0.2, 0.25) is 5.91 Å². The first-order chi connectivity index (χ1) is 8.75. The van der Waals surface area contributed by atoms with Crippen molar-refractivity contribution in [3.8, 4) is 0 Å². The molecule has 0 radical (unpaired) electrons. The van der Waals surface area contributed by atoms with E-state index >= 15 is 0 Å². The summed E-state index contributed by atoms with van der Waals surface area (Å²) in [5.41, 5.74) is 6.87. The first-order valence-electron chi connectivity index (χ1n) is 5.67. The van der Waals surface area contributed by atoms with Gasteiger partial charge in [0.1, 0.15) is 12.2 Å². The smallest absolute Gasteiger partial charge is 0.237 e. The summed E-state index contributed by atoms with van der Waals surface area (Å²) in [5.74, 6) is 0.408. The van der Waals surface area contributed by atoms with Crippen LogP contribution in [0.2, 0.25) is 0 Å². The average Bonchev–Trinajstić information content (AvgIpc) is 2.90. The molecule has 0 aliphatic rings. The highest BCUT2D eigenvalue weighted by atomic mass is 16.2. The molecule has 0 aliphatic heterocycles. The molecule has 94 valence electrons. The lowest BCUT2D eigenvalue weighted by Gasteiger charge is -2.11. The molecule has 0 aliphatic carbocycles. The molecule has 1 aromatic carbocycles. The molecule has 2 rings (SSSR count). The lowest BCUT2D eigenvalue weighted by Crippen LogP contribution is -2.41. The first-order valence-corrected chi connectivity index (χ1v) is 5.67. The number of aromatic amines is 1. The molecule has 4 N–H and O–H groups in total. The topological polar surface area (TPSA) is 96.7 Å². The Hall–Kier alpha value is -2.21. The zero-order chi connectivity index (χ0) is 12.8. The SMILES string of the molecule is NC(Cc1ccccc1)C(=O)NCc1ncn[nH]1. The predicted molar refractivity (Wildman–Crippen MR) is 66.4 cm³/mol. The van der Waals surface area contributed by atoms with Crippen LogP contribution in [0.25, 0.3) is 0 Å². The van der Waals surface area contributed by atoms with Crippen LogP contribution in [0.5, 0.6) is 0 Å². The van der Waals surface area contributed by atoms with Crippen LogP contribution in [0.15, 0.2) is 36.7 Å². The van der Waals surface area contributed by atoms with Gasteiger partial charge in [0.15, 0.2) is 0 Å². The number of benzene rings is 1. The first kappa shape index (κ1) is 12.3. The van der Waals surface area contributed by atoms with E-state index in [1.807, 2.05) is 30.3 Å². The molecule has 1 atom stereocenters. The van der Waals surface area contributed by atoms with E-state index in [0.717, 1.165) is 5.56 Å². The van der Waals surface area contributed by atoms with Gasteiger partial charge in [-0.1, -0.05) is 30.3 Å². The highest BCUT2D eigenvalue weighted by Crippen LogP contribution is 2.01. The van der Waals surface area contributed by atoms with Gasteiger partial charge in [-0.25, -0.2) is 4.98 Å². The third kappa shape index (κ3) is 3.39. The van der Waals surface area contributed by atoms with E-state index in [-0.39, 0.29) is 5.91 Å². The second-order valence-electron chi connectivity index (χ2n) is 3.95. The zero-order valence-electron chi connectivity index (χ0n) is 9.84. The Bertz CT molecular complexity index is 482. The Balaban J connectivity index is 1.82. The minimum Gasteiger partial charge on any atom is -0.347 e. The number of carbonyl (C=O) groups excluding carboxylic acids is 1. The van der Waals surface area contributed by atoms with Gasteiger partial charge in [-0.05, 0) is 12.0 Å². The number of aromatic nitrogens is 3. The molecule has 0 saturated heterocycles. The molecule has 0 spiro atoms. The summed E-state index contributed by atoms with van der Waals surface area (Å²) < 4.78 is 0. The number of nitrogens with two attached hydrogens (primary N) is 1. The van der Waals surface area contributed by atoms with Crippen LogP contribution in [-0.2, 0) is 17.8 Å².